The van der Waals surface area contributed by atoms with Crippen molar-refractivity contribution in [2.24, 2.45) is 10.8 Å². The predicted octanol–water partition coefficient (Wildman–Crippen LogP) is 5.52. The number of nitrogens with one attached hydrogen (secondary N) is 1. The van der Waals surface area contributed by atoms with E-state index < -0.39 is 0 Å². The molecule has 0 radical (unpaired) electrons. The second kappa shape index (κ2) is 7.26. The third-order valence-electron chi connectivity index (χ3n) is 7.92. The van der Waals surface area contributed by atoms with Gasteiger partial charge in [-0.05, 0) is 62.0 Å². The summed E-state index contributed by atoms with van der Waals surface area (Å²) in [6, 6.07) is 4.28. The topological polar surface area (TPSA) is 65.7 Å². The smallest absolute Gasteiger partial charge is 0.255 e. The van der Waals surface area contributed by atoms with Crippen molar-refractivity contribution in [3.05, 3.63) is 29.0 Å². The number of phenolic OH excluding ortho intramolecular Hbond substituents is 1. The van der Waals surface area contributed by atoms with E-state index in [2.05, 4.69) is 31.0 Å². The van der Waals surface area contributed by atoms with Crippen LogP contribution in [0.25, 0.3) is 11.0 Å². The van der Waals surface area contributed by atoms with Crippen LogP contribution in [0.5, 0.6) is 5.75 Å². The molecule has 2 atom stereocenters. The number of carbonyl (C=O) groups excluding carboxylic acids is 1. The molecule has 0 spiro atoms. The third kappa shape index (κ3) is 3.75. The zero-order valence-electron chi connectivity index (χ0n) is 19.4. The molecule has 1 aromatic carbocycles. The van der Waals surface area contributed by atoms with Crippen molar-refractivity contribution in [2.45, 2.75) is 91.3 Å². The predicted molar refractivity (Wildman–Crippen MR) is 122 cm³/mol. The quantitative estimate of drug-likeness (QED) is 0.678. The number of nitrogens with zero attached hydrogens (tertiary/aromatic N) is 1. The Hall–Kier alpha value is -2.01. The maximum absolute atomic E-state index is 13.2. The molecule has 2 saturated carbocycles. The van der Waals surface area contributed by atoms with Gasteiger partial charge in [-0.2, -0.15) is 0 Å². The highest BCUT2D eigenvalue weighted by Crippen LogP contribution is 2.53. The Kier molecular flexibility index (Phi) is 4.89. The highest BCUT2D eigenvalue weighted by atomic mass is 16.3. The maximum Gasteiger partial charge on any atom is 0.255 e. The Morgan fingerprint density at radius 2 is 1.97 bits per heavy atom. The summed E-state index contributed by atoms with van der Waals surface area (Å²) in [5.41, 5.74) is 2.79. The van der Waals surface area contributed by atoms with Gasteiger partial charge in [-0.3, -0.25) is 9.69 Å². The van der Waals surface area contributed by atoms with Gasteiger partial charge in [0.15, 0.2) is 0 Å². The molecule has 5 rings (SSSR count). The number of benzene rings is 1. The lowest BCUT2D eigenvalue weighted by molar-refractivity contribution is 0.0937. The molecular weight excluding hydrogens is 388 g/mol. The van der Waals surface area contributed by atoms with Gasteiger partial charge < -0.3 is 14.8 Å². The molecule has 1 amide bonds. The lowest BCUT2D eigenvalue weighted by Gasteiger charge is -2.40. The first kappa shape index (κ1) is 20.9. The zero-order valence-corrected chi connectivity index (χ0v) is 19.4. The summed E-state index contributed by atoms with van der Waals surface area (Å²) < 4.78 is 5.99. The van der Waals surface area contributed by atoms with Crippen LogP contribution in [0.3, 0.4) is 0 Å². The zero-order chi connectivity index (χ0) is 22.0. The molecule has 5 heteroatoms. The van der Waals surface area contributed by atoms with E-state index in [9.17, 15) is 9.90 Å². The average molecular weight is 425 g/mol. The lowest BCUT2D eigenvalue weighted by atomic mass is 9.65. The number of phenols is 1. The van der Waals surface area contributed by atoms with Crippen LogP contribution in [-0.2, 0) is 6.54 Å². The van der Waals surface area contributed by atoms with Gasteiger partial charge in [-0.25, -0.2) is 0 Å². The first-order chi connectivity index (χ1) is 14.6. The number of rotatable bonds is 4. The van der Waals surface area contributed by atoms with Gasteiger partial charge in [0.05, 0.1) is 5.56 Å². The van der Waals surface area contributed by atoms with E-state index in [0.29, 0.717) is 40.3 Å². The number of amides is 1. The summed E-state index contributed by atoms with van der Waals surface area (Å²) in [4.78, 5) is 15.8. The Morgan fingerprint density at radius 3 is 2.71 bits per heavy atom. The fourth-order valence-corrected chi connectivity index (χ4v) is 7.09. The molecule has 0 unspecified atom stereocenters. The molecule has 3 aliphatic rings. The minimum Gasteiger partial charge on any atom is -0.508 e. The van der Waals surface area contributed by atoms with Crippen molar-refractivity contribution in [3.63, 3.8) is 0 Å². The van der Waals surface area contributed by atoms with Crippen LogP contribution in [0.1, 0.15) is 87.4 Å². The van der Waals surface area contributed by atoms with E-state index in [-0.39, 0.29) is 17.7 Å². The third-order valence-corrected chi connectivity index (χ3v) is 7.92. The Labute approximate surface area is 185 Å². The number of hydrogen-bond donors (Lipinski definition) is 2. The number of aromatic hydroxyl groups is 1. The average Bonchev–Trinajstić information content (AvgIpc) is 3.33. The van der Waals surface area contributed by atoms with Crippen molar-refractivity contribution in [3.8, 4) is 5.75 Å². The molecule has 168 valence electrons. The van der Waals surface area contributed by atoms with Crippen LogP contribution in [0, 0.1) is 17.8 Å². The highest BCUT2D eigenvalue weighted by molar-refractivity contribution is 6.09. The van der Waals surface area contributed by atoms with E-state index in [1.54, 1.807) is 12.1 Å². The molecule has 1 aromatic heterocycles. The van der Waals surface area contributed by atoms with E-state index >= 15 is 0 Å². The molecule has 1 aliphatic heterocycles. The first-order valence-corrected chi connectivity index (χ1v) is 11.9. The van der Waals surface area contributed by atoms with E-state index in [1.807, 2.05) is 6.92 Å². The maximum atomic E-state index is 13.2. The summed E-state index contributed by atoms with van der Waals surface area (Å²) >= 11 is 0. The fourth-order valence-electron chi connectivity index (χ4n) is 7.09. The van der Waals surface area contributed by atoms with Gasteiger partial charge in [0, 0.05) is 36.1 Å². The van der Waals surface area contributed by atoms with Gasteiger partial charge >= 0.3 is 0 Å². The van der Waals surface area contributed by atoms with Crippen LogP contribution in [0.15, 0.2) is 16.5 Å². The van der Waals surface area contributed by atoms with Crippen molar-refractivity contribution in [1.82, 2.24) is 10.2 Å². The number of hydrogen-bond acceptors (Lipinski definition) is 4. The standard InChI is InChI=1S/C26H36N2O3/c1-16-22(24(30)27-17-7-5-6-8-17)23-19(20(29)9-10-21(23)31-16)13-28-15-26(4)12-18(28)11-25(2,3)14-26/h9-10,17-18,29H,5-8,11-15H2,1-4H3,(H,27,30)/t18-,26-/m0/s1. The number of likely N-dealkylation sites (tertiary alicyclic amines) is 1. The van der Waals surface area contributed by atoms with Gasteiger partial charge in [0.25, 0.3) is 5.91 Å². The minimum absolute atomic E-state index is 0.0664. The first-order valence-electron chi connectivity index (χ1n) is 11.9. The molecule has 2 aromatic rings. The molecule has 2 heterocycles. The Morgan fingerprint density at radius 1 is 1.23 bits per heavy atom. The van der Waals surface area contributed by atoms with Crippen LogP contribution in [0.4, 0.5) is 0 Å². The number of aryl methyl sites for hydroxylation is 1. The van der Waals surface area contributed by atoms with Crippen LogP contribution in [-0.4, -0.2) is 34.5 Å². The largest absolute Gasteiger partial charge is 0.508 e. The van der Waals surface area contributed by atoms with Crippen LogP contribution >= 0.6 is 0 Å². The van der Waals surface area contributed by atoms with Gasteiger partial charge in [-0.1, -0.05) is 33.6 Å². The molecule has 31 heavy (non-hydrogen) atoms. The Balaban J connectivity index is 1.50. The van der Waals surface area contributed by atoms with Gasteiger partial charge in [0.1, 0.15) is 17.1 Å². The molecule has 5 nitrogen and oxygen atoms in total. The molecule has 1 saturated heterocycles. The monoisotopic (exact) mass is 424 g/mol. The van der Waals surface area contributed by atoms with Crippen molar-refractivity contribution >= 4 is 16.9 Å². The van der Waals surface area contributed by atoms with Crippen molar-refractivity contribution in [2.75, 3.05) is 6.54 Å². The van der Waals surface area contributed by atoms with Gasteiger partial charge in [0.2, 0.25) is 0 Å². The lowest BCUT2D eigenvalue weighted by Crippen LogP contribution is -2.34. The second-order valence-corrected chi connectivity index (χ2v) is 11.5. The van der Waals surface area contributed by atoms with Crippen molar-refractivity contribution in [1.29, 1.82) is 0 Å². The number of fused-ring (bicyclic) bond motifs is 3. The van der Waals surface area contributed by atoms with Crippen molar-refractivity contribution < 1.29 is 14.3 Å². The normalized spacial score (nSPS) is 28.5. The second-order valence-electron chi connectivity index (χ2n) is 11.5. The van der Waals surface area contributed by atoms with Crippen LogP contribution in [0.2, 0.25) is 0 Å². The highest BCUT2D eigenvalue weighted by Gasteiger charge is 2.49. The molecule has 2 aliphatic carbocycles. The summed E-state index contributed by atoms with van der Waals surface area (Å²) in [7, 11) is 0. The molecule has 2 bridgehead atoms. The summed E-state index contributed by atoms with van der Waals surface area (Å²) in [5, 5.41) is 14.9. The molecular formula is C26H36N2O3. The van der Waals surface area contributed by atoms with Crippen LogP contribution < -0.4 is 5.32 Å². The number of furan rings is 1. The minimum atomic E-state index is -0.0664. The Bertz CT molecular complexity index is 1020. The van der Waals surface area contributed by atoms with E-state index in [0.717, 1.165) is 30.3 Å². The molecule has 2 N–H and O–H groups in total. The van der Waals surface area contributed by atoms with E-state index in [4.69, 9.17) is 4.42 Å². The SMILES string of the molecule is Cc1oc2ccc(O)c(CN3C[C@@]4(C)C[C@@H]3CC(C)(C)C4)c2c1C(=O)NC1CCCC1. The van der Waals surface area contributed by atoms with E-state index in [1.165, 1.54) is 32.1 Å². The van der Waals surface area contributed by atoms with Gasteiger partial charge in [-0.15, -0.1) is 0 Å². The molecule has 3 fully saturated rings. The summed E-state index contributed by atoms with van der Waals surface area (Å²) in [6.07, 6.45) is 8.07. The summed E-state index contributed by atoms with van der Waals surface area (Å²) in [5.74, 6) is 0.822. The summed E-state index contributed by atoms with van der Waals surface area (Å²) in [6.45, 7) is 10.7. The fraction of sp³-hybridized carbons (Fsp3) is 0.654. The number of carbonyl (C=O) groups is 1.